The molecule has 45 valence electrons. The van der Waals surface area contributed by atoms with E-state index in [0.29, 0.717) is 0 Å². The lowest BCUT2D eigenvalue weighted by Crippen LogP contribution is -2.03. The van der Waals surface area contributed by atoms with Crippen LogP contribution in [0.4, 0.5) is 0 Å². The van der Waals surface area contributed by atoms with Crippen molar-refractivity contribution in [3.8, 4) is 0 Å². The maximum absolute atomic E-state index is 3.25. The summed E-state index contributed by atoms with van der Waals surface area (Å²) in [6.07, 6.45) is 4.16. The van der Waals surface area contributed by atoms with Gasteiger partial charge in [-0.3, -0.25) is 0 Å². The van der Waals surface area contributed by atoms with Crippen LogP contribution in [0.5, 0.6) is 0 Å². The quantitative estimate of drug-likeness (QED) is 0.572. The molecule has 0 saturated carbocycles. The summed E-state index contributed by atoms with van der Waals surface area (Å²) in [7, 11) is 0. The van der Waals surface area contributed by atoms with Gasteiger partial charge in [-0.1, -0.05) is 13.0 Å². The Hall–Kier alpha value is -0.110. The van der Waals surface area contributed by atoms with E-state index in [9.17, 15) is 0 Å². The summed E-state index contributed by atoms with van der Waals surface area (Å²) in [5.41, 5.74) is 0. The number of hydrogen-bond donors (Lipinski definition) is 1. The molecule has 1 saturated heterocycles. The average molecular weight is 128 g/mol. The van der Waals surface area contributed by atoms with E-state index in [-0.39, 0.29) is 0 Å². The second-order valence-electron chi connectivity index (χ2n) is 1.64. The summed E-state index contributed by atoms with van der Waals surface area (Å²) in [4.78, 5) is 0. The molecule has 0 atom stereocenters. The minimum absolute atomic E-state index is 1.13. The number of allylic oxidation sites excluding steroid dienone is 1. The van der Waals surface area contributed by atoms with Gasteiger partial charge in [0.1, 0.15) is 0 Å². The van der Waals surface area contributed by atoms with Crippen molar-refractivity contribution in [2.24, 2.45) is 0 Å². The van der Waals surface area contributed by atoms with Gasteiger partial charge in [0.2, 0.25) is 0 Å². The van der Waals surface area contributed by atoms with Gasteiger partial charge in [0, 0.05) is 12.3 Å². The van der Waals surface area contributed by atoms with Gasteiger partial charge in [0.05, 0.1) is 5.03 Å². The van der Waals surface area contributed by atoms with Crippen molar-refractivity contribution in [1.29, 1.82) is 0 Å². The van der Waals surface area contributed by atoms with Crippen molar-refractivity contribution in [1.82, 2.24) is 5.32 Å². The lowest BCUT2D eigenvalue weighted by Gasteiger charge is -1.91. The number of rotatable bonds is 1. The molecule has 1 nitrogen and oxygen atoms in total. The zero-order valence-corrected chi connectivity index (χ0v) is 5.79. The number of hydrogen-bond acceptors (Lipinski definition) is 2. The maximum atomic E-state index is 3.25. The highest BCUT2D eigenvalue weighted by Crippen LogP contribution is 2.17. The van der Waals surface area contributed by atoms with Crippen LogP contribution in [0.3, 0.4) is 0 Å². The van der Waals surface area contributed by atoms with Gasteiger partial charge in [-0.25, -0.2) is 0 Å². The van der Waals surface area contributed by atoms with Crippen LogP contribution in [0.25, 0.3) is 0 Å². The molecule has 0 aliphatic carbocycles. The van der Waals surface area contributed by atoms with Crippen LogP contribution in [0, 0.1) is 6.42 Å². The fourth-order valence-electron chi connectivity index (χ4n) is 0.645. The third-order valence-electron chi connectivity index (χ3n) is 0.977. The molecule has 0 bridgehead atoms. The summed E-state index contributed by atoms with van der Waals surface area (Å²) in [5.74, 6) is 1.22. The Bertz CT molecular complexity index is 90.7. The van der Waals surface area contributed by atoms with Gasteiger partial charge in [0.15, 0.2) is 0 Å². The molecule has 0 amide bonds. The molecular formula is C6H10NS. The van der Waals surface area contributed by atoms with Crippen molar-refractivity contribution < 1.29 is 0 Å². The van der Waals surface area contributed by atoms with Crippen molar-refractivity contribution in [3.05, 3.63) is 17.5 Å². The molecule has 0 aromatic rings. The minimum Gasteiger partial charge on any atom is -0.379 e. The lowest BCUT2D eigenvalue weighted by molar-refractivity contribution is 0.945. The average Bonchev–Trinajstić information content (AvgIpc) is 2.19. The van der Waals surface area contributed by atoms with E-state index in [1.165, 1.54) is 10.8 Å². The van der Waals surface area contributed by atoms with Gasteiger partial charge >= 0.3 is 0 Å². The molecule has 1 rings (SSSR count). The van der Waals surface area contributed by atoms with Crippen LogP contribution in [0.2, 0.25) is 0 Å². The standard InChI is InChI=1S/C6H10NS/c1-2-3-6-7-4-5-8-6/h2-3,7H,4-5H2,1H3. The Kier molecular flexibility index (Phi) is 2.27. The first kappa shape index (κ1) is 6.02. The molecule has 0 aromatic heterocycles. The number of nitrogens with one attached hydrogen (secondary N) is 1. The highest BCUT2D eigenvalue weighted by atomic mass is 32.2. The first-order valence-corrected chi connectivity index (χ1v) is 3.78. The van der Waals surface area contributed by atoms with Crippen LogP contribution in [-0.2, 0) is 0 Å². The summed E-state index contributed by atoms with van der Waals surface area (Å²) in [6.45, 7) is 3.16. The van der Waals surface area contributed by atoms with Crippen molar-refractivity contribution in [2.45, 2.75) is 6.92 Å². The topological polar surface area (TPSA) is 12.0 Å². The summed E-state index contributed by atoms with van der Waals surface area (Å²) in [6, 6.07) is 0. The minimum atomic E-state index is 1.13. The van der Waals surface area contributed by atoms with Gasteiger partial charge in [-0.05, 0) is 6.42 Å². The second-order valence-corrected chi connectivity index (χ2v) is 2.78. The highest BCUT2D eigenvalue weighted by Gasteiger charge is 2.02. The molecule has 1 heterocycles. The van der Waals surface area contributed by atoms with Crippen LogP contribution in [-0.4, -0.2) is 12.3 Å². The van der Waals surface area contributed by atoms with E-state index in [1.807, 2.05) is 18.7 Å². The molecule has 1 fully saturated rings. The monoisotopic (exact) mass is 128 g/mol. The first-order chi connectivity index (χ1) is 3.93. The molecule has 2 heteroatoms. The van der Waals surface area contributed by atoms with E-state index in [2.05, 4.69) is 17.8 Å². The summed E-state index contributed by atoms with van der Waals surface area (Å²) < 4.78 is 0. The van der Waals surface area contributed by atoms with Crippen molar-refractivity contribution >= 4 is 11.8 Å². The maximum Gasteiger partial charge on any atom is 0.0644 e. The Morgan fingerprint density at radius 1 is 1.75 bits per heavy atom. The van der Waals surface area contributed by atoms with Crippen LogP contribution >= 0.6 is 11.8 Å². The van der Waals surface area contributed by atoms with Gasteiger partial charge in [0.25, 0.3) is 0 Å². The third-order valence-corrected chi connectivity index (χ3v) is 1.98. The van der Waals surface area contributed by atoms with Crippen LogP contribution in [0.1, 0.15) is 6.92 Å². The highest BCUT2D eigenvalue weighted by molar-refractivity contribution is 8.03. The van der Waals surface area contributed by atoms with E-state index in [4.69, 9.17) is 0 Å². The van der Waals surface area contributed by atoms with E-state index >= 15 is 0 Å². The second kappa shape index (κ2) is 3.02. The van der Waals surface area contributed by atoms with Gasteiger partial charge in [-0.2, -0.15) is 0 Å². The Labute approximate surface area is 54.5 Å². The zero-order chi connectivity index (χ0) is 5.82. The van der Waals surface area contributed by atoms with Gasteiger partial charge in [-0.15, -0.1) is 11.8 Å². The molecule has 1 radical (unpaired) electrons. The lowest BCUT2D eigenvalue weighted by atomic mass is 10.5. The summed E-state index contributed by atoms with van der Waals surface area (Å²) in [5, 5.41) is 4.56. The molecule has 1 aliphatic heterocycles. The normalized spacial score (nSPS) is 23.9. The van der Waals surface area contributed by atoms with E-state index < -0.39 is 0 Å². The Balaban J connectivity index is 2.33. The predicted molar refractivity (Wildman–Crippen MR) is 38.5 cm³/mol. The molecule has 1 N–H and O–H groups in total. The fourth-order valence-corrected chi connectivity index (χ4v) is 1.51. The number of thioether (sulfide) groups is 1. The SMILES string of the molecule is C[CH]C=C1NCCS1. The predicted octanol–water partition coefficient (Wildman–Crippen LogP) is 1.39. The van der Waals surface area contributed by atoms with Crippen LogP contribution in [0.15, 0.2) is 11.1 Å². The van der Waals surface area contributed by atoms with Crippen molar-refractivity contribution in [3.63, 3.8) is 0 Å². The largest absolute Gasteiger partial charge is 0.379 e. The molecule has 8 heavy (non-hydrogen) atoms. The molecule has 0 aromatic carbocycles. The Morgan fingerprint density at radius 3 is 3.12 bits per heavy atom. The van der Waals surface area contributed by atoms with Gasteiger partial charge < -0.3 is 5.32 Å². The van der Waals surface area contributed by atoms with Crippen molar-refractivity contribution in [2.75, 3.05) is 12.3 Å². The first-order valence-electron chi connectivity index (χ1n) is 2.80. The summed E-state index contributed by atoms with van der Waals surface area (Å²) >= 11 is 1.89. The fraction of sp³-hybridized carbons (Fsp3) is 0.500. The zero-order valence-electron chi connectivity index (χ0n) is 4.98. The molecular weight excluding hydrogens is 118 g/mol. The molecule has 1 aliphatic rings. The Morgan fingerprint density at radius 2 is 2.62 bits per heavy atom. The smallest absolute Gasteiger partial charge is 0.0644 e. The molecule has 0 unspecified atom stereocenters. The van der Waals surface area contributed by atoms with E-state index in [0.717, 1.165) is 6.54 Å². The third kappa shape index (κ3) is 1.44. The van der Waals surface area contributed by atoms with Crippen LogP contribution < -0.4 is 5.32 Å². The van der Waals surface area contributed by atoms with E-state index in [1.54, 1.807) is 0 Å². The molecule has 0 spiro atoms.